The number of amides is 2. The zero-order chi connectivity index (χ0) is 24.7. The van der Waals surface area contributed by atoms with Crippen molar-refractivity contribution >= 4 is 21.8 Å². The van der Waals surface area contributed by atoms with Gasteiger partial charge >= 0.3 is 0 Å². The van der Waals surface area contributed by atoms with Crippen LogP contribution < -0.4 is 20.1 Å². The number of hydrogen-bond acceptors (Lipinski definition) is 6. The van der Waals surface area contributed by atoms with Crippen molar-refractivity contribution in [2.45, 2.75) is 37.2 Å². The van der Waals surface area contributed by atoms with E-state index in [9.17, 15) is 18.0 Å². The topological polar surface area (TPSA) is 114 Å². The Morgan fingerprint density at radius 1 is 1.09 bits per heavy atom. The number of piperidine rings is 1. The molecular weight excluding hydrogens is 458 g/mol. The molecular formula is C24H31N3O6S. The summed E-state index contributed by atoms with van der Waals surface area (Å²) < 4.78 is 37.8. The Kier molecular flexibility index (Phi) is 8.51. The summed E-state index contributed by atoms with van der Waals surface area (Å²) in [7, 11) is -0.665. The van der Waals surface area contributed by atoms with Gasteiger partial charge in [-0.15, -0.1) is 0 Å². The van der Waals surface area contributed by atoms with Gasteiger partial charge in [-0.2, -0.15) is 4.31 Å². The van der Waals surface area contributed by atoms with Crippen molar-refractivity contribution in [2.24, 2.45) is 5.92 Å². The van der Waals surface area contributed by atoms with Gasteiger partial charge in [-0.05, 0) is 50.1 Å². The highest BCUT2D eigenvalue weighted by atomic mass is 32.2. The van der Waals surface area contributed by atoms with Crippen LogP contribution in [0.5, 0.6) is 11.5 Å². The Balaban J connectivity index is 1.57. The fraction of sp³-hybridized carbons (Fsp3) is 0.417. The molecule has 0 saturated carbocycles. The normalized spacial score (nSPS) is 17.4. The quantitative estimate of drug-likeness (QED) is 0.556. The average molecular weight is 490 g/mol. The van der Waals surface area contributed by atoms with E-state index in [2.05, 4.69) is 10.6 Å². The second-order valence-electron chi connectivity index (χ2n) is 8.14. The lowest BCUT2D eigenvalue weighted by Crippen LogP contribution is -2.50. The summed E-state index contributed by atoms with van der Waals surface area (Å²) in [6.07, 6.45) is 1.11. The number of nitrogens with one attached hydrogen (secondary N) is 2. The van der Waals surface area contributed by atoms with Gasteiger partial charge in [-0.3, -0.25) is 9.59 Å². The SMILES string of the molecule is COc1ccc(S(=O)(=O)N2CCC[C@@H](C(=O)N[C@@H](C)C(=O)NCc3ccccc3OC)C2)cc1. The van der Waals surface area contributed by atoms with Crippen LogP contribution in [0, 0.1) is 5.92 Å². The minimum Gasteiger partial charge on any atom is -0.497 e. The average Bonchev–Trinajstić information content (AvgIpc) is 2.87. The van der Waals surface area contributed by atoms with E-state index in [0.29, 0.717) is 30.9 Å². The van der Waals surface area contributed by atoms with Gasteiger partial charge in [0.1, 0.15) is 17.5 Å². The molecule has 3 rings (SSSR count). The number of carbonyl (C=O) groups is 2. The highest BCUT2D eigenvalue weighted by Crippen LogP contribution is 2.25. The van der Waals surface area contributed by atoms with E-state index >= 15 is 0 Å². The molecule has 34 heavy (non-hydrogen) atoms. The first-order valence-corrected chi connectivity index (χ1v) is 12.5. The van der Waals surface area contributed by atoms with Crippen molar-refractivity contribution in [3.05, 3.63) is 54.1 Å². The van der Waals surface area contributed by atoms with E-state index in [0.717, 1.165) is 5.56 Å². The molecule has 184 valence electrons. The van der Waals surface area contributed by atoms with Crippen LogP contribution in [0.15, 0.2) is 53.4 Å². The van der Waals surface area contributed by atoms with Gasteiger partial charge in [0.2, 0.25) is 21.8 Å². The molecule has 0 spiro atoms. The molecule has 1 aliphatic heterocycles. The Labute approximate surface area is 200 Å². The predicted octanol–water partition coefficient (Wildman–Crippen LogP) is 1.93. The van der Waals surface area contributed by atoms with Crippen LogP contribution in [0.1, 0.15) is 25.3 Å². The third-order valence-electron chi connectivity index (χ3n) is 5.85. The van der Waals surface area contributed by atoms with Crippen LogP contribution >= 0.6 is 0 Å². The lowest BCUT2D eigenvalue weighted by atomic mass is 9.98. The number of rotatable bonds is 9. The third kappa shape index (κ3) is 6.06. The standard InChI is InChI=1S/C24H31N3O6S/c1-17(23(28)25-15-18-7-4-5-9-22(18)33-3)26-24(29)19-8-6-14-27(16-19)34(30,31)21-12-10-20(32-2)11-13-21/h4-5,7,9-13,17,19H,6,8,14-16H2,1-3H3,(H,25,28)(H,26,29)/t17-,19+/m0/s1. The molecule has 2 aromatic rings. The van der Waals surface area contributed by atoms with Crippen LogP contribution in [0.3, 0.4) is 0 Å². The second kappa shape index (κ2) is 11.3. The summed E-state index contributed by atoms with van der Waals surface area (Å²) in [4.78, 5) is 25.5. The number of carbonyl (C=O) groups excluding carboxylic acids is 2. The Hall–Kier alpha value is -3.11. The van der Waals surface area contributed by atoms with Crippen LogP contribution in [0.2, 0.25) is 0 Å². The maximum absolute atomic E-state index is 13.0. The molecule has 0 bridgehead atoms. The van der Waals surface area contributed by atoms with Crippen molar-refractivity contribution in [1.29, 1.82) is 0 Å². The van der Waals surface area contributed by atoms with Crippen LogP contribution in [0.25, 0.3) is 0 Å². The molecule has 2 atom stereocenters. The number of hydrogen-bond donors (Lipinski definition) is 2. The van der Waals surface area contributed by atoms with Crippen molar-refractivity contribution in [1.82, 2.24) is 14.9 Å². The van der Waals surface area contributed by atoms with E-state index < -0.39 is 22.0 Å². The lowest BCUT2D eigenvalue weighted by molar-refractivity contribution is -0.131. The molecule has 0 aliphatic carbocycles. The first kappa shape index (κ1) is 25.5. The third-order valence-corrected chi connectivity index (χ3v) is 7.73. The van der Waals surface area contributed by atoms with Gasteiger partial charge in [-0.1, -0.05) is 18.2 Å². The largest absolute Gasteiger partial charge is 0.497 e. The summed E-state index contributed by atoms with van der Waals surface area (Å²) >= 11 is 0. The van der Waals surface area contributed by atoms with Gasteiger partial charge in [0, 0.05) is 25.2 Å². The predicted molar refractivity (Wildman–Crippen MR) is 127 cm³/mol. The van der Waals surface area contributed by atoms with Crippen molar-refractivity contribution < 1.29 is 27.5 Å². The smallest absolute Gasteiger partial charge is 0.243 e. The molecule has 1 fully saturated rings. The van der Waals surface area contributed by atoms with Gasteiger partial charge < -0.3 is 20.1 Å². The summed E-state index contributed by atoms with van der Waals surface area (Å²) in [5.41, 5.74) is 0.823. The molecule has 0 aromatic heterocycles. The number of para-hydroxylation sites is 1. The van der Waals surface area contributed by atoms with E-state index in [1.165, 1.54) is 23.5 Å². The molecule has 9 nitrogen and oxygen atoms in total. The highest BCUT2D eigenvalue weighted by molar-refractivity contribution is 7.89. The number of benzene rings is 2. The van der Waals surface area contributed by atoms with E-state index in [4.69, 9.17) is 9.47 Å². The Morgan fingerprint density at radius 3 is 2.47 bits per heavy atom. The molecule has 1 aliphatic rings. The van der Waals surface area contributed by atoms with E-state index in [-0.39, 0.29) is 29.8 Å². The van der Waals surface area contributed by atoms with Gasteiger partial charge in [0.25, 0.3) is 0 Å². The van der Waals surface area contributed by atoms with Crippen molar-refractivity contribution in [3.8, 4) is 11.5 Å². The van der Waals surface area contributed by atoms with Crippen LogP contribution in [-0.2, 0) is 26.2 Å². The molecule has 0 unspecified atom stereocenters. The van der Waals surface area contributed by atoms with E-state index in [1.54, 1.807) is 26.2 Å². The van der Waals surface area contributed by atoms with Gasteiger partial charge in [0.05, 0.1) is 25.0 Å². The van der Waals surface area contributed by atoms with Crippen molar-refractivity contribution in [3.63, 3.8) is 0 Å². The zero-order valence-corrected chi connectivity index (χ0v) is 20.4. The number of nitrogens with zero attached hydrogens (tertiary/aromatic N) is 1. The second-order valence-corrected chi connectivity index (χ2v) is 10.1. The van der Waals surface area contributed by atoms with Crippen molar-refractivity contribution in [2.75, 3.05) is 27.3 Å². The molecule has 2 amide bonds. The number of ether oxygens (including phenoxy) is 2. The molecule has 2 N–H and O–H groups in total. The first-order chi connectivity index (χ1) is 16.3. The van der Waals surface area contributed by atoms with Crippen LogP contribution in [0.4, 0.5) is 0 Å². The van der Waals surface area contributed by atoms with Gasteiger partial charge in [-0.25, -0.2) is 8.42 Å². The molecule has 0 radical (unpaired) electrons. The number of methoxy groups -OCH3 is 2. The summed E-state index contributed by atoms with van der Waals surface area (Å²) in [6.45, 7) is 2.27. The lowest BCUT2D eigenvalue weighted by Gasteiger charge is -2.31. The Bertz CT molecular complexity index is 1100. The zero-order valence-electron chi connectivity index (χ0n) is 19.6. The molecule has 1 heterocycles. The molecule has 1 saturated heterocycles. The first-order valence-electron chi connectivity index (χ1n) is 11.1. The summed E-state index contributed by atoms with van der Waals surface area (Å²) in [6, 6.07) is 12.7. The fourth-order valence-electron chi connectivity index (χ4n) is 3.85. The maximum Gasteiger partial charge on any atom is 0.243 e. The van der Waals surface area contributed by atoms with Gasteiger partial charge in [0.15, 0.2) is 0 Å². The maximum atomic E-state index is 13.0. The summed E-state index contributed by atoms with van der Waals surface area (Å²) in [5, 5.41) is 5.52. The molecule has 10 heteroatoms. The fourth-order valence-corrected chi connectivity index (χ4v) is 5.38. The minimum atomic E-state index is -3.74. The summed E-state index contributed by atoms with van der Waals surface area (Å²) in [5.74, 6) is 0.0197. The minimum absolute atomic E-state index is 0.0652. The highest BCUT2D eigenvalue weighted by Gasteiger charge is 2.34. The van der Waals surface area contributed by atoms with Crippen LogP contribution in [-0.4, -0.2) is 57.9 Å². The number of sulfonamides is 1. The molecule has 2 aromatic carbocycles. The van der Waals surface area contributed by atoms with E-state index in [1.807, 2.05) is 24.3 Å². The Morgan fingerprint density at radius 2 is 1.79 bits per heavy atom. The monoisotopic (exact) mass is 489 g/mol.